The number of nitrogens with one attached hydrogen (secondary N) is 2. The van der Waals surface area contributed by atoms with E-state index in [1.54, 1.807) is 31.4 Å². The zero-order valence-corrected chi connectivity index (χ0v) is 14.2. The Hall–Kier alpha value is -3.36. The Morgan fingerprint density at radius 2 is 2.08 bits per heavy atom. The molecule has 1 heterocycles. The van der Waals surface area contributed by atoms with Crippen molar-refractivity contribution in [1.29, 1.82) is 0 Å². The molecule has 1 saturated carbocycles. The quantitative estimate of drug-likeness (QED) is 0.552. The van der Waals surface area contributed by atoms with Crippen molar-refractivity contribution in [2.24, 2.45) is 17.4 Å². The molecule has 0 unspecified atom stereocenters. The van der Waals surface area contributed by atoms with Crippen molar-refractivity contribution >= 4 is 29.3 Å². The normalized spacial score (nSPS) is 14.3. The molecule has 0 spiro atoms. The maximum Gasteiger partial charge on any atom is 0.254 e. The van der Waals surface area contributed by atoms with Gasteiger partial charge in [-0.25, -0.2) is 4.98 Å². The van der Waals surface area contributed by atoms with Gasteiger partial charge in [0.15, 0.2) is 0 Å². The highest BCUT2D eigenvalue weighted by Crippen LogP contribution is 2.34. The van der Waals surface area contributed by atoms with E-state index in [2.05, 4.69) is 20.6 Å². The third-order valence-corrected chi connectivity index (χ3v) is 4.07. The lowest BCUT2D eigenvalue weighted by atomic mass is 10.2. The summed E-state index contributed by atoms with van der Waals surface area (Å²) in [5.41, 5.74) is 11.6. The lowest BCUT2D eigenvalue weighted by molar-refractivity contribution is -0.119. The van der Waals surface area contributed by atoms with Gasteiger partial charge in [-0.05, 0) is 30.9 Å². The molecule has 9 nitrogen and oxygen atoms in total. The van der Waals surface area contributed by atoms with Crippen LogP contribution in [-0.4, -0.2) is 34.9 Å². The molecule has 1 aliphatic rings. The van der Waals surface area contributed by atoms with Gasteiger partial charge in [0, 0.05) is 18.0 Å². The molecule has 0 aliphatic heterocycles. The molecule has 1 aliphatic carbocycles. The molecule has 0 bridgehead atoms. The number of hydrogen-bond donors (Lipinski definition) is 4. The number of nitrogens with two attached hydrogens (primary N) is 2. The average Bonchev–Trinajstić information content (AvgIpc) is 3.44. The second-order valence-corrected chi connectivity index (χ2v) is 6.04. The van der Waals surface area contributed by atoms with E-state index in [1.807, 2.05) is 0 Å². The number of carbonyl (C=O) groups excluding carboxylic acids is 2. The molecule has 6 N–H and O–H groups in total. The van der Waals surface area contributed by atoms with Crippen LogP contribution in [0.2, 0.25) is 0 Å². The van der Waals surface area contributed by atoms with Crippen LogP contribution in [0, 0.1) is 5.92 Å². The van der Waals surface area contributed by atoms with Crippen LogP contribution in [0.25, 0.3) is 0 Å². The summed E-state index contributed by atoms with van der Waals surface area (Å²) in [6.07, 6.45) is 3.16. The Balaban J connectivity index is 1.88. The molecular formula is C17H20N6O3. The topological polar surface area (TPSA) is 145 Å². The van der Waals surface area contributed by atoms with Gasteiger partial charge in [-0.3, -0.25) is 9.59 Å². The number of hydrogen-bond acceptors (Lipinski definition) is 7. The van der Waals surface area contributed by atoms with Crippen LogP contribution >= 0.6 is 0 Å². The Kier molecular flexibility index (Phi) is 4.87. The molecule has 9 heteroatoms. The summed E-state index contributed by atoms with van der Waals surface area (Å²) in [4.78, 5) is 31.7. The van der Waals surface area contributed by atoms with E-state index in [1.165, 1.54) is 6.20 Å². The first-order valence-corrected chi connectivity index (χ1v) is 8.11. The van der Waals surface area contributed by atoms with Gasteiger partial charge in [-0.1, -0.05) is 6.07 Å². The van der Waals surface area contributed by atoms with Crippen LogP contribution in [0.1, 0.15) is 23.2 Å². The summed E-state index contributed by atoms with van der Waals surface area (Å²) < 4.78 is 5.18. The monoisotopic (exact) mass is 356 g/mol. The van der Waals surface area contributed by atoms with Crippen molar-refractivity contribution < 1.29 is 14.3 Å². The first-order chi connectivity index (χ1) is 12.5. The molecule has 136 valence electrons. The Labute approximate surface area is 150 Å². The van der Waals surface area contributed by atoms with Crippen molar-refractivity contribution in [3.05, 3.63) is 36.0 Å². The van der Waals surface area contributed by atoms with Crippen LogP contribution in [0.3, 0.4) is 0 Å². The second-order valence-electron chi connectivity index (χ2n) is 6.04. The number of nitrogens with zero attached hydrogens (tertiary/aromatic N) is 2. The summed E-state index contributed by atoms with van der Waals surface area (Å²) >= 11 is 0. The van der Waals surface area contributed by atoms with E-state index in [0.717, 1.165) is 12.8 Å². The first-order valence-electron chi connectivity index (χ1n) is 8.11. The van der Waals surface area contributed by atoms with Crippen LogP contribution < -0.4 is 26.8 Å². The fraction of sp³-hybridized carbons (Fsp3) is 0.294. The smallest absolute Gasteiger partial charge is 0.254 e. The maximum atomic E-state index is 11.7. The summed E-state index contributed by atoms with van der Waals surface area (Å²) in [6, 6.07) is 6.58. The minimum Gasteiger partial charge on any atom is -0.497 e. The van der Waals surface area contributed by atoms with Crippen molar-refractivity contribution in [3.8, 4) is 5.75 Å². The van der Waals surface area contributed by atoms with Gasteiger partial charge in [0.2, 0.25) is 11.9 Å². The minimum absolute atomic E-state index is 0.125. The maximum absolute atomic E-state index is 11.7. The fourth-order valence-electron chi connectivity index (χ4n) is 2.55. The van der Waals surface area contributed by atoms with E-state index < -0.39 is 17.9 Å². The van der Waals surface area contributed by atoms with Crippen LogP contribution in [0.4, 0.5) is 17.5 Å². The molecule has 3 rings (SSSR count). The van der Waals surface area contributed by atoms with E-state index in [4.69, 9.17) is 16.2 Å². The van der Waals surface area contributed by atoms with Crippen molar-refractivity contribution in [3.63, 3.8) is 0 Å². The number of aromatic nitrogens is 2. The molecule has 1 atom stereocenters. The van der Waals surface area contributed by atoms with E-state index >= 15 is 0 Å². The summed E-state index contributed by atoms with van der Waals surface area (Å²) in [5, 5.41) is 5.97. The van der Waals surface area contributed by atoms with Crippen LogP contribution in [-0.2, 0) is 4.79 Å². The predicted octanol–water partition coefficient (Wildman–Crippen LogP) is 1.00. The standard InChI is InChI=1S/C17H20N6O3/c1-26-11-4-2-3-10(7-11)21-16-12(14(18)24)8-20-17(23-16)22-13(15(19)25)9-5-6-9/h2-4,7-9,13H,5-6H2,1H3,(H2,18,24)(H2,19,25)(H2,20,21,22,23)/t13-/m1/s1. The zero-order chi connectivity index (χ0) is 18.7. The molecule has 2 amide bonds. The average molecular weight is 356 g/mol. The van der Waals surface area contributed by atoms with E-state index in [0.29, 0.717) is 11.4 Å². The largest absolute Gasteiger partial charge is 0.497 e. The summed E-state index contributed by atoms with van der Waals surface area (Å²) in [6.45, 7) is 0. The van der Waals surface area contributed by atoms with E-state index in [9.17, 15) is 9.59 Å². The Morgan fingerprint density at radius 3 is 2.69 bits per heavy atom. The van der Waals surface area contributed by atoms with Gasteiger partial charge in [-0.2, -0.15) is 4.98 Å². The molecule has 26 heavy (non-hydrogen) atoms. The molecule has 1 fully saturated rings. The highest BCUT2D eigenvalue weighted by atomic mass is 16.5. The van der Waals surface area contributed by atoms with Crippen molar-refractivity contribution in [2.75, 3.05) is 17.7 Å². The number of rotatable bonds is 8. The Morgan fingerprint density at radius 1 is 1.31 bits per heavy atom. The van der Waals surface area contributed by atoms with Gasteiger partial charge in [0.05, 0.1) is 7.11 Å². The number of amides is 2. The van der Waals surface area contributed by atoms with Crippen LogP contribution in [0.15, 0.2) is 30.5 Å². The lowest BCUT2D eigenvalue weighted by Crippen LogP contribution is -2.37. The van der Waals surface area contributed by atoms with Gasteiger partial charge >= 0.3 is 0 Å². The number of ether oxygens (including phenoxy) is 1. The third-order valence-electron chi connectivity index (χ3n) is 4.07. The Bertz CT molecular complexity index is 837. The lowest BCUT2D eigenvalue weighted by Gasteiger charge is -2.16. The highest BCUT2D eigenvalue weighted by molar-refractivity contribution is 5.98. The summed E-state index contributed by atoms with van der Waals surface area (Å²) in [5.74, 6) is 0.110. The third kappa shape index (κ3) is 4.00. The molecular weight excluding hydrogens is 336 g/mol. The van der Waals surface area contributed by atoms with Crippen molar-refractivity contribution in [1.82, 2.24) is 9.97 Å². The SMILES string of the molecule is COc1cccc(Nc2nc(N[C@@H](C(N)=O)C3CC3)ncc2C(N)=O)c1. The number of carbonyl (C=O) groups is 2. The van der Waals surface area contributed by atoms with Gasteiger partial charge in [0.25, 0.3) is 5.91 Å². The predicted molar refractivity (Wildman–Crippen MR) is 96.2 cm³/mol. The van der Waals surface area contributed by atoms with E-state index in [-0.39, 0.29) is 23.2 Å². The number of methoxy groups -OCH3 is 1. The number of primary amides is 2. The van der Waals surface area contributed by atoms with Gasteiger partial charge < -0.3 is 26.8 Å². The van der Waals surface area contributed by atoms with Gasteiger partial charge in [0.1, 0.15) is 23.2 Å². The highest BCUT2D eigenvalue weighted by Gasteiger charge is 2.35. The zero-order valence-electron chi connectivity index (χ0n) is 14.2. The number of benzene rings is 1. The molecule has 1 aromatic carbocycles. The molecule has 0 radical (unpaired) electrons. The fourth-order valence-corrected chi connectivity index (χ4v) is 2.55. The van der Waals surface area contributed by atoms with Crippen LogP contribution in [0.5, 0.6) is 5.75 Å². The van der Waals surface area contributed by atoms with Crippen molar-refractivity contribution in [2.45, 2.75) is 18.9 Å². The molecule has 0 saturated heterocycles. The second kappa shape index (κ2) is 7.26. The minimum atomic E-state index is -0.671. The first kappa shape index (κ1) is 17.5. The molecule has 2 aromatic rings. The van der Waals surface area contributed by atoms with Gasteiger partial charge in [-0.15, -0.1) is 0 Å². The molecule has 1 aromatic heterocycles. The number of anilines is 3. The summed E-state index contributed by atoms with van der Waals surface area (Å²) in [7, 11) is 1.56.